The van der Waals surface area contributed by atoms with Gasteiger partial charge in [-0.05, 0) is 36.2 Å². The summed E-state index contributed by atoms with van der Waals surface area (Å²) in [6.45, 7) is 1.24. The van der Waals surface area contributed by atoms with Crippen LogP contribution in [0.1, 0.15) is 11.6 Å². The van der Waals surface area contributed by atoms with E-state index in [4.69, 9.17) is 9.47 Å². The average molecular weight is 353 g/mol. The second kappa shape index (κ2) is 7.25. The van der Waals surface area contributed by atoms with E-state index in [2.05, 4.69) is 9.97 Å². The van der Waals surface area contributed by atoms with Crippen molar-refractivity contribution in [2.45, 2.75) is 12.5 Å². The Labute approximate surface area is 151 Å². The van der Waals surface area contributed by atoms with Gasteiger partial charge in [0.1, 0.15) is 17.4 Å². The molecule has 1 saturated heterocycles. The average Bonchev–Trinajstić information content (AvgIpc) is 3.31. The summed E-state index contributed by atoms with van der Waals surface area (Å²) in [5.74, 6) is 0.974. The van der Waals surface area contributed by atoms with Crippen LogP contribution in [0.5, 0.6) is 5.75 Å². The van der Waals surface area contributed by atoms with Crippen LogP contribution < -0.4 is 4.74 Å². The molecule has 0 aliphatic carbocycles. The maximum Gasteiger partial charge on any atom is 0.146 e. The molecular formula is C20H20FN3O2. The number of halogens is 1. The van der Waals surface area contributed by atoms with E-state index in [1.54, 1.807) is 30.7 Å². The molecule has 4 rings (SSSR count). The van der Waals surface area contributed by atoms with Gasteiger partial charge in [-0.2, -0.15) is 0 Å². The van der Waals surface area contributed by atoms with Crippen molar-refractivity contribution in [2.75, 3.05) is 20.3 Å². The fourth-order valence-corrected chi connectivity index (χ4v) is 3.58. The van der Waals surface area contributed by atoms with Gasteiger partial charge in [0, 0.05) is 30.7 Å². The van der Waals surface area contributed by atoms with Crippen LogP contribution in [-0.4, -0.2) is 34.9 Å². The molecule has 0 bridgehead atoms. The van der Waals surface area contributed by atoms with E-state index >= 15 is 0 Å². The van der Waals surface area contributed by atoms with Crippen LogP contribution in [0.25, 0.3) is 11.4 Å². The number of hydrogen-bond donors (Lipinski definition) is 0. The lowest BCUT2D eigenvalue weighted by atomic mass is 9.95. The predicted molar refractivity (Wildman–Crippen MR) is 95.5 cm³/mol. The standard InChI is InChI=1S/C20H20FN3O2/c1-25-18-4-2-3-16(21)19(18)20-23-9-10-24(20)17-13-26-12-15(17)11-14-5-7-22-8-6-14/h2-10,15,17H,11-13H2,1H3/t15-,17+/m0/s1. The van der Waals surface area contributed by atoms with Gasteiger partial charge in [0.2, 0.25) is 0 Å². The predicted octanol–water partition coefficient (Wildman–Crippen LogP) is 3.52. The number of hydrogen-bond acceptors (Lipinski definition) is 4. The minimum atomic E-state index is -0.346. The molecular weight excluding hydrogens is 333 g/mol. The fourth-order valence-electron chi connectivity index (χ4n) is 3.58. The minimum Gasteiger partial charge on any atom is -0.496 e. The van der Waals surface area contributed by atoms with Gasteiger partial charge in [0.25, 0.3) is 0 Å². The molecule has 2 atom stereocenters. The molecule has 5 nitrogen and oxygen atoms in total. The van der Waals surface area contributed by atoms with Gasteiger partial charge in [-0.1, -0.05) is 6.07 Å². The lowest BCUT2D eigenvalue weighted by Gasteiger charge is -2.22. The lowest BCUT2D eigenvalue weighted by Crippen LogP contribution is -2.20. The van der Waals surface area contributed by atoms with Crippen molar-refractivity contribution in [1.82, 2.24) is 14.5 Å². The van der Waals surface area contributed by atoms with Gasteiger partial charge in [0.05, 0.1) is 31.9 Å². The molecule has 1 fully saturated rings. The SMILES string of the molecule is COc1cccc(F)c1-c1nccn1[C@@H]1COC[C@@H]1Cc1ccncc1. The molecule has 134 valence electrons. The molecule has 0 saturated carbocycles. The number of aromatic nitrogens is 3. The third kappa shape index (κ3) is 3.08. The monoisotopic (exact) mass is 353 g/mol. The first-order valence-corrected chi connectivity index (χ1v) is 8.60. The third-order valence-corrected chi connectivity index (χ3v) is 4.86. The van der Waals surface area contributed by atoms with Crippen molar-refractivity contribution in [2.24, 2.45) is 5.92 Å². The second-order valence-electron chi connectivity index (χ2n) is 6.40. The van der Waals surface area contributed by atoms with Crippen molar-refractivity contribution in [3.8, 4) is 17.1 Å². The Morgan fingerprint density at radius 3 is 2.85 bits per heavy atom. The first-order valence-electron chi connectivity index (χ1n) is 8.60. The van der Waals surface area contributed by atoms with Crippen LogP contribution in [0.2, 0.25) is 0 Å². The second-order valence-corrected chi connectivity index (χ2v) is 6.40. The number of rotatable bonds is 5. The van der Waals surface area contributed by atoms with Crippen molar-refractivity contribution in [1.29, 1.82) is 0 Å². The number of nitrogens with zero attached hydrogens (tertiary/aromatic N) is 3. The first-order chi connectivity index (χ1) is 12.8. The summed E-state index contributed by atoms with van der Waals surface area (Å²) in [6.07, 6.45) is 8.06. The Morgan fingerprint density at radius 1 is 1.19 bits per heavy atom. The number of benzene rings is 1. The maximum atomic E-state index is 14.5. The van der Waals surface area contributed by atoms with Crippen molar-refractivity contribution >= 4 is 0 Å². The van der Waals surface area contributed by atoms with Crippen molar-refractivity contribution in [3.63, 3.8) is 0 Å². The van der Waals surface area contributed by atoms with E-state index in [1.165, 1.54) is 18.7 Å². The summed E-state index contributed by atoms with van der Waals surface area (Å²) in [5, 5.41) is 0. The Hall–Kier alpha value is -2.73. The molecule has 0 unspecified atom stereocenters. The number of ether oxygens (including phenoxy) is 2. The lowest BCUT2D eigenvalue weighted by molar-refractivity contribution is 0.181. The highest BCUT2D eigenvalue weighted by Gasteiger charge is 2.32. The summed E-state index contributed by atoms with van der Waals surface area (Å²) in [5.41, 5.74) is 1.60. The highest BCUT2D eigenvalue weighted by Crippen LogP contribution is 2.36. The van der Waals surface area contributed by atoms with E-state index in [1.807, 2.05) is 22.9 Å². The molecule has 0 radical (unpaired) electrons. The van der Waals surface area contributed by atoms with E-state index in [-0.39, 0.29) is 17.8 Å². The quantitative estimate of drug-likeness (QED) is 0.704. The number of pyridine rings is 1. The van der Waals surface area contributed by atoms with Crippen LogP contribution in [0.15, 0.2) is 55.1 Å². The molecule has 0 N–H and O–H groups in total. The summed E-state index contributed by atoms with van der Waals surface area (Å²) in [6, 6.07) is 8.93. The molecule has 3 aromatic rings. The highest BCUT2D eigenvalue weighted by atomic mass is 19.1. The molecule has 3 heterocycles. The smallest absolute Gasteiger partial charge is 0.146 e. The molecule has 0 amide bonds. The van der Waals surface area contributed by atoms with E-state index < -0.39 is 0 Å². The summed E-state index contributed by atoms with van der Waals surface area (Å²) < 4.78 is 27.7. The van der Waals surface area contributed by atoms with Gasteiger partial charge in [0.15, 0.2) is 0 Å². The van der Waals surface area contributed by atoms with Crippen LogP contribution in [0.3, 0.4) is 0 Å². The summed E-state index contributed by atoms with van der Waals surface area (Å²) >= 11 is 0. The topological polar surface area (TPSA) is 49.2 Å². The zero-order valence-corrected chi connectivity index (χ0v) is 14.5. The first kappa shape index (κ1) is 16.7. The largest absolute Gasteiger partial charge is 0.496 e. The van der Waals surface area contributed by atoms with Gasteiger partial charge >= 0.3 is 0 Å². The van der Waals surface area contributed by atoms with E-state index in [9.17, 15) is 4.39 Å². The molecule has 1 aromatic carbocycles. The van der Waals surface area contributed by atoms with Crippen LogP contribution >= 0.6 is 0 Å². The van der Waals surface area contributed by atoms with E-state index in [0.29, 0.717) is 30.4 Å². The molecule has 26 heavy (non-hydrogen) atoms. The maximum absolute atomic E-state index is 14.5. The van der Waals surface area contributed by atoms with Gasteiger partial charge < -0.3 is 14.0 Å². The molecule has 0 spiro atoms. The Bertz CT molecular complexity index is 882. The Kier molecular flexibility index (Phi) is 4.67. The third-order valence-electron chi connectivity index (χ3n) is 4.86. The highest BCUT2D eigenvalue weighted by molar-refractivity contribution is 5.65. The number of methoxy groups -OCH3 is 1. The van der Waals surface area contributed by atoms with Gasteiger partial charge in [-0.15, -0.1) is 0 Å². The zero-order chi connectivity index (χ0) is 17.9. The van der Waals surface area contributed by atoms with E-state index in [0.717, 1.165) is 6.42 Å². The van der Waals surface area contributed by atoms with Gasteiger partial charge in [-0.25, -0.2) is 9.37 Å². The molecule has 1 aliphatic rings. The van der Waals surface area contributed by atoms with Crippen LogP contribution in [0.4, 0.5) is 4.39 Å². The van der Waals surface area contributed by atoms with Gasteiger partial charge in [-0.3, -0.25) is 4.98 Å². The minimum absolute atomic E-state index is 0.0879. The molecule has 1 aliphatic heterocycles. The zero-order valence-electron chi connectivity index (χ0n) is 14.5. The molecule has 6 heteroatoms. The van der Waals surface area contributed by atoms with Crippen LogP contribution in [-0.2, 0) is 11.2 Å². The summed E-state index contributed by atoms with van der Waals surface area (Å²) in [7, 11) is 1.54. The Morgan fingerprint density at radius 2 is 2.04 bits per heavy atom. The fraction of sp³-hybridized carbons (Fsp3) is 0.300. The van der Waals surface area contributed by atoms with Crippen molar-refractivity contribution < 1.29 is 13.9 Å². The number of imidazole rings is 1. The van der Waals surface area contributed by atoms with Crippen LogP contribution in [0, 0.1) is 11.7 Å². The molecule has 2 aromatic heterocycles. The van der Waals surface area contributed by atoms with Crippen molar-refractivity contribution in [3.05, 3.63) is 66.5 Å². The Balaban J connectivity index is 1.68. The normalized spacial score (nSPS) is 19.6. The summed E-state index contributed by atoms with van der Waals surface area (Å²) in [4.78, 5) is 8.49.